The van der Waals surface area contributed by atoms with Crippen molar-refractivity contribution in [1.29, 1.82) is 0 Å². The van der Waals surface area contributed by atoms with E-state index < -0.39 is 12.1 Å². The summed E-state index contributed by atoms with van der Waals surface area (Å²) in [7, 11) is 0. The summed E-state index contributed by atoms with van der Waals surface area (Å²) >= 11 is 0. The van der Waals surface area contributed by atoms with Gasteiger partial charge in [0.25, 0.3) is 0 Å². The lowest BCUT2D eigenvalue weighted by atomic mass is 9.80. The monoisotopic (exact) mass is 364 g/mol. The van der Waals surface area contributed by atoms with Crippen molar-refractivity contribution in [2.45, 2.75) is 84.7 Å². The van der Waals surface area contributed by atoms with Crippen molar-refractivity contribution in [3.63, 3.8) is 0 Å². The molecule has 1 fully saturated rings. The Labute approximate surface area is 158 Å². The van der Waals surface area contributed by atoms with Gasteiger partial charge in [0, 0.05) is 18.8 Å². The first-order valence-corrected chi connectivity index (χ1v) is 10.0. The lowest BCUT2D eigenvalue weighted by Gasteiger charge is -2.29. The second-order valence-electron chi connectivity index (χ2n) is 8.18. The van der Waals surface area contributed by atoms with Crippen LogP contribution >= 0.6 is 0 Å². The van der Waals surface area contributed by atoms with Gasteiger partial charge in [0.2, 0.25) is 0 Å². The van der Waals surface area contributed by atoms with Crippen molar-refractivity contribution >= 4 is 11.8 Å². The van der Waals surface area contributed by atoms with Gasteiger partial charge < -0.3 is 10.2 Å². The van der Waals surface area contributed by atoms with E-state index in [1.54, 1.807) is 0 Å². The summed E-state index contributed by atoms with van der Waals surface area (Å²) in [4.78, 5) is 22.7. The molecule has 4 heteroatoms. The third-order valence-electron chi connectivity index (χ3n) is 5.51. The second kappa shape index (κ2) is 11.3. The second-order valence-corrected chi connectivity index (χ2v) is 8.18. The summed E-state index contributed by atoms with van der Waals surface area (Å²) in [6.45, 7) is 6.34. The molecule has 2 N–H and O–H groups in total. The number of carboxylic acid groups (broad SMARTS) is 1. The van der Waals surface area contributed by atoms with Crippen molar-refractivity contribution in [2.24, 2.45) is 17.3 Å². The summed E-state index contributed by atoms with van der Waals surface area (Å²) in [6, 6.07) is 0. The fourth-order valence-electron chi connectivity index (χ4n) is 3.55. The van der Waals surface area contributed by atoms with Crippen LogP contribution in [0, 0.1) is 17.3 Å². The molecule has 26 heavy (non-hydrogen) atoms. The molecule has 1 rings (SSSR count). The van der Waals surface area contributed by atoms with Crippen LogP contribution in [0.3, 0.4) is 0 Å². The topological polar surface area (TPSA) is 74.6 Å². The Morgan fingerprint density at radius 1 is 1.31 bits per heavy atom. The highest BCUT2D eigenvalue weighted by molar-refractivity contribution is 5.83. The Bertz CT molecular complexity index is 504. The molecule has 0 spiro atoms. The van der Waals surface area contributed by atoms with Gasteiger partial charge in [0.15, 0.2) is 0 Å². The number of Topliss-reactive ketones (excluding diaryl/α,β-unsaturated/α-hetero) is 1. The first kappa shape index (κ1) is 22.6. The van der Waals surface area contributed by atoms with Crippen LogP contribution < -0.4 is 0 Å². The van der Waals surface area contributed by atoms with Crippen molar-refractivity contribution in [3.8, 4) is 0 Å². The summed E-state index contributed by atoms with van der Waals surface area (Å²) in [5.74, 6) is -0.225. The zero-order valence-corrected chi connectivity index (χ0v) is 16.6. The van der Waals surface area contributed by atoms with Gasteiger partial charge in [0.05, 0.1) is 6.10 Å². The van der Waals surface area contributed by atoms with Gasteiger partial charge in [-0.3, -0.25) is 9.59 Å². The van der Waals surface area contributed by atoms with E-state index in [1.165, 1.54) is 0 Å². The molecule has 3 atom stereocenters. The van der Waals surface area contributed by atoms with Crippen LogP contribution in [0.5, 0.6) is 0 Å². The van der Waals surface area contributed by atoms with Crippen LogP contribution in [0.25, 0.3) is 0 Å². The molecular weight excluding hydrogens is 328 g/mol. The quantitative estimate of drug-likeness (QED) is 0.482. The predicted molar refractivity (Wildman–Crippen MR) is 105 cm³/mol. The molecule has 1 saturated carbocycles. The number of carbonyl (C=O) groups excluding carboxylic acids is 1. The van der Waals surface area contributed by atoms with Crippen LogP contribution in [-0.2, 0) is 9.59 Å². The van der Waals surface area contributed by atoms with E-state index in [4.69, 9.17) is 5.11 Å². The number of aliphatic hydroxyl groups excluding tert-OH is 1. The lowest BCUT2D eigenvalue weighted by molar-refractivity contribution is -0.136. The van der Waals surface area contributed by atoms with E-state index in [-0.39, 0.29) is 23.7 Å². The highest BCUT2D eigenvalue weighted by atomic mass is 16.4. The van der Waals surface area contributed by atoms with Crippen molar-refractivity contribution < 1.29 is 19.8 Å². The van der Waals surface area contributed by atoms with E-state index in [0.29, 0.717) is 18.6 Å². The fraction of sp³-hybridized carbons (Fsp3) is 0.727. The first-order chi connectivity index (χ1) is 12.3. The highest BCUT2D eigenvalue weighted by Gasteiger charge is 2.33. The average molecular weight is 365 g/mol. The number of allylic oxidation sites excluding steroid dienone is 3. The number of ketones is 1. The number of aliphatic carboxylic acids is 1. The van der Waals surface area contributed by atoms with Crippen molar-refractivity contribution in [1.82, 2.24) is 0 Å². The molecule has 0 aromatic heterocycles. The standard InChI is InChI=1S/C22H36O4/c1-4-5-16-22(2,3)20(24)15-13-17-12-14-19(23)18(17)10-8-6-7-9-11-21(25)26/h6-7,13,15,17-18,20,24H,4-5,8-12,14,16H2,1-3H3,(H,25,26). The number of rotatable bonds is 12. The predicted octanol–water partition coefficient (Wildman–Crippen LogP) is 4.92. The van der Waals surface area contributed by atoms with Gasteiger partial charge in [-0.2, -0.15) is 0 Å². The molecule has 1 aliphatic carbocycles. The van der Waals surface area contributed by atoms with Gasteiger partial charge >= 0.3 is 5.97 Å². The van der Waals surface area contributed by atoms with Gasteiger partial charge in [0.1, 0.15) is 5.78 Å². The molecule has 0 aliphatic heterocycles. The summed E-state index contributed by atoms with van der Waals surface area (Å²) < 4.78 is 0. The highest BCUT2D eigenvalue weighted by Crippen LogP contribution is 2.35. The molecule has 0 heterocycles. The average Bonchev–Trinajstić information content (AvgIpc) is 2.93. The molecule has 0 aromatic rings. The smallest absolute Gasteiger partial charge is 0.303 e. The number of hydrogen-bond donors (Lipinski definition) is 2. The van der Waals surface area contributed by atoms with Crippen molar-refractivity contribution in [3.05, 3.63) is 24.3 Å². The third kappa shape index (κ3) is 7.86. The molecule has 0 amide bonds. The zero-order valence-electron chi connectivity index (χ0n) is 16.6. The van der Waals surface area contributed by atoms with Crippen LogP contribution in [0.1, 0.15) is 78.6 Å². The lowest BCUT2D eigenvalue weighted by Crippen LogP contribution is -2.27. The summed E-state index contributed by atoms with van der Waals surface area (Å²) in [6.07, 6.45) is 14.3. The third-order valence-corrected chi connectivity index (χ3v) is 5.51. The van der Waals surface area contributed by atoms with Crippen LogP contribution in [0.2, 0.25) is 0 Å². The van der Waals surface area contributed by atoms with Gasteiger partial charge in [-0.05, 0) is 43.4 Å². The molecule has 3 unspecified atom stereocenters. The van der Waals surface area contributed by atoms with Crippen LogP contribution in [0.15, 0.2) is 24.3 Å². The van der Waals surface area contributed by atoms with Crippen LogP contribution in [-0.4, -0.2) is 28.1 Å². The van der Waals surface area contributed by atoms with E-state index in [0.717, 1.165) is 38.5 Å². The van der Waals surface area contributed by atoms with Gasteiger partial charge in [-0.25, -0.2) is 0 Å². The molecule has 4 nitrogen and oxygen atoms in total. The van der Waals surface area contributed by atoms with E-state index in [2.05, 4.69) is 26.8 Å². The van der Waals surface area contributed by atoms with E-state index >= 15 is 0 Å². The van der Waals surface area contributed by atoms with Crippen LogP contribution in [0.4, 0.5) is 0 Å². The minimum Gasteiger partial charge on any atom is -0.481 e. The Morgan fingerprint density at radius 3 is 2.65 bits per heavy atom. The summed E-state index contributed by atoms with van der Waals surface area (Å²) in [5, 5.41) is 19.1. The van der Waals surface area contributed by atoms with E-state index in [1.807, 2.05) is 18.2 Å². The molecule has 0 aromatic carbocycles. The molecule has 0 bridgehead atoms. The molecular formula is C22H36O4. The van der Waals surface area contributed by atoms with E-state index in [9.17, 15) is 14.7 Å². The first-order valence-electron chi connectivity index (χ1n) is 10.0. The minimum atomic E-state index is -0.786. The Morgan fingerprint density at radius 2 is 2.00 bits per heavy atom. The Balaban J connectivity index is 2.51. The number of aliphatic hydroxyl groups is 1. The fourth-order valence-corrected chi connectivity index (χ4v) is 3.55. The molecule has 1 aliphatic rings. The Hall–Kier alpha value is -1.42. The number of unbranched alkanes of at least 4 members (excludes halogenated alkanes) is 1. The zero-order chi connectivity index (χ0) is 19.6. The minimum absolute atomic E-state index is 0.0290. The maximum absolute atomic E-state index is 12.2. The number of hydrogen-bond acceptors (Lipinski definition) is 3. The van der Waals surface area contributed by atoms with Gasteiger partial charge in [-0.1, -0.05) is 57.9 Å². The maximum Gasteiger partial charge on any atom is 0.303 e. The molecule has 148 valence electrons. The van der Waals surface area contributed by atoms with Crippen molar-refractivity contribution in [2.75, 3.05) is 0 Å². The Kier molecular flexibility index (Phi) is 9.85. The SMILES string of the molecule is CCCCC(C)(C)C(O)C=CC1CCC(=O)C1CCC=CCCC(=O)O. The number of carbonyl (C=O) groups is 2. The largest absolute Gasteiger partial charge is 0.481 e. The normalized spacial score (nSPS) is 22.5. The maximum atomic E-state index is 12.2. The molecule has 0 saturated heterocycles. The number of carboxylic acids is 1. The summed E-state index contributed by atoms with van der Waals surface area (Å²) in [5.41, 5.74) is -0.141. The van der Waals surface area contributed by atoms with Gasteiger partial charge in [-0.15, -0.1) is 0 Å². The molecule has 0 radical (unpaired) electrons.